The molecule has 2 atom stereocenters. The van der Waals surface area contributed by atoms with Gasteiger partial charge in [0.2, 0.25) is 0 Å². The zero-order valence-corrected chi connectivity index (χ0v) is 15.0. The van der Waals surface area contributed by atoms with Crippen molar-refractivity contribution in [2.24, 2.45) is 11.8 Å². The number of nitrogens with one attached hydrogen (secondary N) is 1. The van der Waals surface area contributed by atoms with Crippen LogP contribution in [0, 0.1) is 11.8 Å². The molecular formula is C16H32N2O2S. The van der Waals surface area contributed by atoms with Crippen LogP contribution < -0.4 is 5.32 Å². The van der Waals surface area contributed by atoms with Crippen LogP contribution in [-0.4, -0.2) is 56.0 Å². The van der Waals surface area contributed by atoms with Gasteiger partial charge in [-0.05, 0) is 52.4 Å². The number of piperidine rings is 1. The van der Waals surface area contributed by atoms with Gasteiger partial charge in [0.05, 0.1) is 4.75 Å². The van der Waals surface area contributed by atoms with Crippen LogP contribution in [0.4, 0.5) is 0 Å². The molecule has 2 rings (SSSR count). The fraction of sp³-hybridized carbons (Fsp3) is 1.00. The second-order valence-electron chi connectivity index (χ2n) is 7.94. The van der Waals surface area contributed by atoms with Crippen molar-refractivity contribution in [2.75, 3.05) is 25.9 Å². The van der Waals surface area contributed by atoms with E-state index in [1.807, 2.05) is 13.8 Å². The number of nitrogens with zero attached hydrogens (tertiary/aromatic N) is 1. The highest BCUT2D eigenvalue weighted by molar-refractivity contribution is 7.92. The molecule has 124 valence electrons. The molecule has 0 amide bonds. The summed E-state index contributed by atoms with van der Waals surface area (Å²) in [6.07, 6.45) is 5.22. The third kappa shape index (κ3) is 3.80. The van der Waals surface area contributed by atoms with Gasteiger partial charge in [-0.3, -0.25) is 0 Å². The van der Waals surface area contributed by atoms with E-state index in [0.29, 0.717) is 30.5 Å². The summed E-state index contributed by atoms with van der Waals surface area (Å²) < 4.78 is 23.0. The molecule has 21 heavy (non-hydrogen) atoms. The SMILES string of the molecule is CC(C)N1CC2CCCC(C1)C2NCC(C)(C)S(C)(=O)=O. The molecule has 1 N–H and O–H groups in total. The Kier molecular flexibility index (Phi) is 5.06. The van der Waals surface area contributed by atoms with Crippen LogP contribution in [0.3, 0.4) is 0 Å². The Bertz CT molecular complexity index is 445. The summed E-state index contributed by atoms with van der Waals surface area (Å²) >= 11 is 0. The Morgan fingerprint density at radius 3 is 2.14 bits per heavy atom. The second kappa shape index (κ2) is 6.17. The van der Waals surface area contributed by atoms with Crippen LogP contribution in [0.2, 0.25) is 0 Å². The van der Waals surface area contributed by atoms with Crippen molar-refractivity contribution in [3.63, 3.8) is 0 Å². The Labute approximate surface area is 130 Å². The predicted molar refractivity (Wildman–Crippen MR) is 88.3 cm³/mol. The van der Waals surface area contributed by atoms with E-state index in [9.17, 15) is 8.42 Å². The van der Waals surface area contributed by atoms with Crippen molar-refractivity contribution >= 4 is 9.84 Å². The van der Waals surface area contributed by atoms with E-state index in [1.54, 1.807) is 0 Å². The molecule has 0 aromatic heterocycles. The minimum absolute atomic E-state index is 0.495. The van der Waals surface area contributed by atoms with E-state index in [0.717, 1.165) is 13.1 Å². The minimum atomic E-state index is -3.02. The van der Waals surface area contributed by atoms with Crippen molar-refractivity contribution < 1.29 is 8.42 Å². The number of hydrogen-bond donors (Lipinski definition) is 1. The molecule has 0 aromatic rings. The predicted octanol–water partition coefficient (Wildman–Crippen LogP) is 1.91. The maximum atomic E-state index is 11.9. The van der Waals surface area contributed by atoms with E-state index >= 15 is 0 Å². The van der Waals surface area contributed by atoms with Gasteiger partial charge in [0, 0.05) is 38.0 Å². The van der Waals surface area contributed by atoms with Crippen molar-refractivity contribution in [3.05, 3.63) is 0 Å². The first-order valence-electron chi connectivity index (χ1n) is 8.29. The van der Waals surface area contributed by atoms with Crippen molar-refractivity contribution in [3.8, 4) is 0 Å². The lowest BCUT2D eigenvalue weighted by atomic mass is 9.73. The van der Waals surface area contributed by atoms with Crippen molar-refractivity contribution in [2.45, 2.75) is 63.8 Å². The van der Waals surface area contributed by atoms with Gasteiger partial charge < -0.3 is 10.2 Å². The molecule has 2 bridgehead atoms. The standard InChI is InChI=1S/C16H32N2O2S/c1-12(2)18-9-13-7-6-8-14(10-18)15(13)17-11-16(3,4)21(5,19)20/h12-15,17H,6-11H2,1-5H3. The first kappa shape index (κ1) is 17.2. The van der Waals surface area contributed by atoms with Crippen LogP contribution >= 0.6 is 0 Å². The van der Waals surface area contributed by atoms with E-state index in [4.69, 9.17) is 0 Å². The molecule has 1 aliphatic carbocycles. The largest absolute Gasteiger partial charge is 0.312 e. The molecule has 0 spiro atoms. The highest BCUT2D eigenvalue weighted by Gasteiger charge is 2.41. The Balaban J connectivity index is 2.01. The lowest BCUT2D eigenvalue weighted by molar-refractivity contribution is 0.0291. The topological polar surface area (TPSA) is 49.4 Å². The van der Waals surface area contributed by atoms with Crippen molar-refractivity contribution in [1.29, 1.82) is 0 Å². The summed E-state index contributed by atoms with van der Waals surface area (Å²) in [7, 11) is -3.02. The number of hydrogen-bond acceptors (Lipinski definition) is 4. The summed E-state index contributed by atoms with van der Waals surface area (Å²) in [5.41, 5.74) is 0. The first-order valence-corrected chi connectivity index (χ1v) is 10.2. The molecule has 1 aliphatic heterocycles. The van der Waals surface area contributed by atoms with Gasteiger partial charge in [0.1, 0.15) is 0 Å². The fourth-order valence-electron chi connectivity index (χ4n) is 3.72. The van der Waals surface area contributed by atoms with Crippen molar-refractivity contribution in [1.82, 2.24) is 10.2 Å². The summed E-state index contributed by atoms with van der Waals surface area (Å²) in [4.78, 5) is 2.59. The Morgan fingerprint density at radius 1 is 1.19 bits per heavy atom. The second-order valence-corrected chi connectivity index (χ2v) is 10.6. The Morgan fingerprint density at radius 2 is 1.71 bits per heavy atom. The average molecular weight is 317 g/mol. The van der Waals surface area contributed by atoms with Gasteiger partial charge in [-0.1, -0.05) is 6.42 Å². The molecule has 2 unspecified atom stereocenters. The maximum absolute atomic E-state index is 11.9. The Hall–Kier alpha value is -0.130. The van der Waals surface area contributed by atoms with Gasteiger partial charge in [-0.2, -0.15) is 0 Å². The minimum Gasteiger partial charge on any atom is -0.312 e. The third-order valence-electron chi connectivity index (χ3n) is 5.60. The maximum Gasteiger partial charge on any atom is 0.153 e. The molecule has 0 radical (unpaired) electrons. The molecular weight excluding hydrogens is 284 g/mol. The van der Waals surface area contributed by atoms with E-state index in [2.05, 4.69) is 24.1 Å². The van der Waals surface area contributed by atoms with Crippen LogP contribution in [-0.2, 0) is 9.84 Å². The monoisotopic (exact) mass is 316 g/mol. The number of sulfone groups is 1. The normalized spacial score (nSPS) is 31.6. The average Bonchev–Trinajstić information content (AvgIpc) is 2.33. The van der Waals surface area contributed by atoms with Crippen LogP contribution in [0.5, 0.6) is 0 Å². The highest BCUT2D eigenvalue weighted by Crippen LogP contribution is 2.36. The molecule has 1 saturated carbocycles. The smallest absolute Gasteiger partial charge is 0.153 e. The molecule has 0 aromatic carbocycles. The van der Waals surface area contributed by atoms with E-state index < -0.39 is 14.6 Å². The summed E-state index contributed by atoms with van der Waals surface area (Å²) in [5, 5.41) is 3.62. The van der Waals surface area contributed by atoms with Crippen LogP contribution in [0.25, 0.3) is 0 Å². The molecule has 5 heteroatoms. The zero-order chi connectivity index (χ0) is 15.8. The third-order valence-corrected chi connectivity index (χ3v) is 7.75. The van der Waals surface area contributed by atoms with Gasteiger partial charge in [-0.15, -0.1) is 0 Å². The molecule has 2 aliphatic rings. The van der Waals surface area contributed by atoms with E-state index in [1.165, 1.54) is 25.5 Å². The quantitative estimate of drug-likeness (QED) is 0.842. The van der Waals surface area contributed by atoms with Crippen LogP contribution in [0.15, 0.2) is 0 Å². The summed E-state index contributed by atoms with van der Waals surface area (Å²) in [5.74, 6) is 1.35. The van der Waals surface area contributed by atoms with Gasteiger partial charge >= 0.3 is 0 Å². The number of likely N-dealkylation sites (tertiary alicyclic amines) is 1. The summed E-state index contributed by atoms with van der Waals surface area (Å²) in [6.45, 7) is 11.1. The molecule has 1 heterocycles. The van der Waals surface area contributed by atoms with E-state index in [-0.39, 0.29) is 0 Å². The first-order chi connectivity index (χ1) is 9.62. The van der Waals surface area contributed by atoms with Gasteiger partial charge in [0.15, 0.2) is 9.84 Å². The highest BCUT2D eigenvalue weighted by atomic mass is 32.2. The van der Waals surface area contributed by atoms with Gasteiger partial charge in [0.25, 0.3) is 0 Å². The molecule has 2 fully saturated rings. The number of fused-ring (bicyclic) bond motifs is 2. The fourth-order valence-corrected chi connectivity index (χ4v) is 4.07. The summed E-state index contributed by atoms with van der Waals surface area (Å²) in [6, 6.07) is 1.11. The van der Waals surface area contributed by atoms with Gasteiger partial charge in [-0.25, -0.2) is 8.42 Å². The number of rotatable bonds is 5. The lowest BCUT2D eigenvalue weighted by Gasteiger charge is -2.49. The van der Waals surface area contributed by atoms with Crippen LogP contribution in [0.1, 0.15) is 47.0 Å². The lowest BCUT2D eigenvalue weighted by Crippen LogP contribution is -2.60. The zero-order valence-electron chi connectivity index (χ0n) is 14.2. The molecule has 1 saturated heterocycles. The molecule has 4 nitrogen and oxygen atoms in total.